The van der Waals surface area contributed by atoms with Gasteiger partial charge >= 0.3 is 0 Å². The van der Waals surface area contributed by atoms with Crippen molar-refractivity contribution >= 4 is 27.0 Å². The number of amides is 1. The number of aromatic nitrogens is 3. The molecule has 3 aromatic rings. The molecule has 0 atom stereocenters. The first kappa shape index (κ1) is 21.4. The Labute approximate surface area is 180 Å². The smallest absolute Gasteiger partial charge is 0.244 e. The summed E-state index contributed by atoms with van der Waals surface area (Å²) in [6.45, 7) is 4.79. The van der Waals surface area contributed by atoms with Crippen molar-refractivity contribution in [3.05, 3.63) is 48.0 Å². The van der Waals surface area contributed by atoms with Gasteiger partial charge in [-0.05, 0) is 43.2 Å². The van der Waals surface area contributed by atoms with Gasteiger partial charge in [-0.3, -0.25) is 4.79 Å². The first-order valence-electron chi connectivity index (χ1n) is 10.1. The highest BCUT2D eigenvalue weighted by Crippen LogP contribution is 2.30. The molecule has 0 bridgehead atoms. The molecule has 164 valence electrons. The third-order valence-electron chi connectivity index (χ3n) is 5.60. The van der Waals surface area contributed by atoms with Gasteiger partial charge in [-0.2, -0.15) is 9.40 Å². The van der Waals surface area contributed by atoms with Crippen LogP contribution in [0.2, 0.25) is 0 Å². The number of fused-ring (bicyclic) bond motifs is 1. The number of hydrogen-bond donors (Lipinski definition) is 0. The Kier molecular flexibility index (Phi) is 5.76. The Morgan fingerprint density at radius 2 is 1.77 bits per heavy atom. The summed E-state index contributed by atoms with van der Waals surface area (Å²) in [5.74, 6) is -0.382. The summed E-state index contributed by atoms with van der Waals surface area (Å²) in [6.07, 6.45) is 1.65. The van der Waals surface area contributed by atoms with Crippen molar-refractivity contribution in [2.45, 2.75) is 20.4 Å². The summed E-state index contributed by atoms with van der Waals surface area (Å²) in [5.41, 5.74) is 3.03. The monoisotopic (exact) mass is 445 g/mol. The molecule has 0 unspecified atom stereocenters. The maximum atomic E-state index is 13.3. The van der Waals surface area contributed by atoms with Crippen molar-refractivity contribution in [2.24, 2.45) is 0 Å². The molecule has 1 aliphatic rings. The van der Waals surface area contributed by atoms with Crippen molar-refractivity contribution in [3.8, 4) is 11.1 Å². The van der Waals surface area contributed by atoms with Gasteiger partial charge in [0.1, 0.15) is 12.4 Å². The highest BCUT2D eigenvalue weighted by molar-refractivity contribution is 7.89. The van der Waals surface area contributed by atoms with E-state index in [0.717, 1.165) is 22.2 Å². The molecule has 10 heteroatoms. The zero-order valence-electron chi connectivity index (χ0n) is 17.5. The van der Waals surface area contributed by atoms with E-state index in [1.165, 1.54) is 16.4 Å². The maximum absolute atomic E-state index is 13.3. The molecule has 1 saturated heterocycles. The molecule has 1 fully saturated rings. The second-order valence-electron chi connectivity index (χ2n) is 7.49. The van der Waals surface area contributed by atoms with Crippen LogP contribution in [0.25, 0.3) is 22.2 Å². The molecule has 0 N–H and O–H groups in total. The number of carbonyl (C=O) groups is 1. The molecule has 0 saturated carbocycles. The summed E-state index contributed by atoms with van der Waals surface area (Å²) >= 11 is 0. The molecule has 3 heterocycles. The topological polar surface area (TPSA) is 88.4 Å². The van der Waals surface area contributed by atoms with Crippen LogP contribution in [-0.2, 0) is 21.4 Å². The summed E-state index contributed by atoms with van der Waals surface area (Å²) in [6, 6.07) is 8.07. The molecular weight excluding hydrogens is 421 g/mol. The van der Waals surface area contributed by atoms with Gasteiger partial charge in [0.05, 0.1) is 11.4 Å². The van der Waals surface area contributed by atoms with Gasteiger partial charge in [-0.1, -0.05) is 12.1 Å². The summed E-state index contributed by atoms with van der Waals surface area (Å²) in [5, 5.41) is 5.34. The standard InChI is InChI=1S/C21H24FN5O3S/c1-3-31(29,30)26-12-10-25(11-13-26)19(28)14-27-21-20(15(2)24-27)18(8-9-23-21)16-4-6-17(22)7-5-16/h4-9H,3,10-14H2,1-2H3. The van der Waals surface area contributed by atoms with Crippen molar-refractivity contribution in [1.29, 1.82) is 0 Å². The Morgan fingerprint density at radius 1 is 1.10 bits per heavy atom. The lowest BCUT2D eigenvalue weighted by atomic mass is 10.0. The van der Waals surface area contributed by atoms with Crippen LogP contribution in [0.4, 0.5) is 4.39 Å². The first-order chi connectivity index (χ1) is 14.8. The van der Waals surface area contributed by atoms with Crippen molar-refractivity contribution < 1.29 is 17.6 Å². The van der Waals surface area contributed by atoms with Gasteiger partial charge in [0.2, 0.25) is 15.9 Å². The summed E-state index contributed by atoms with van der Waals surface area (Å²) in [7, 11) is -3.24. The highest BCUT2D eigenvalue weighted by atomic mass is 32.2. The van der Waals surface area contributed by atoms with Gasteiger partial charge in [0.25, 0.3) is 0 Å². The number of hydrogen-bond acceptors (Lipinski definition) is 5. The molecule has 2 aromatic heterocycles. The molecule has 1 amide bonds. The predicted octanol–water partition coefficient (Wildman–Crippen LogP) is 2.04. The van der Waals surface area contributed by atoms with Gasteiger partial charge < -0.3 is 4.90 Å². The number of sulfonamides is 1. The lowest BCUT2D eigenvalue weighted by Gasteiger charge is -2.33. The Bertz CT molecular complexity index is 1220. The van der Waals surface area contributed by atoms with Crippen LogP contribution in [0.1, 0.15) is 12.6 Å². The molecule has 0 spiro atoms. The van der Waals surface area contributed by atoms with Gasteiger partial charge in [0.15, 0.2) is 5.65 Å². The van der Waals surface area contributed by atoms with Gasteiger partial charge in [-0.25, -0.2) is 22.5 Å². The van der Waals surface area contributed by atoms with Crippen molar-refractivity contribution in [2.75, 3.05) is 31.9 Å². The van der Waals surface area contributed by atoms with Crippen LogP contribution in [0.3, 0.4) is 0 Å². The Morgan fingerprint density at radius 3 is 2.42 bits per heavy atom. The lowest BCUT2D eigenvalue weighted by Crippen LogP contribution is -2.51. The zero-order chi connectivity index (χ0) is 22.2. The minimum atomic E-state index is -3.24. The maximum Gasteiger partial charge on any atom is 0.244 e. The minimum absolute atomic E-state index is 0.0186. The van der Waals surface area contributed by atoms with Gasteiger partial charge in [0, 0.05) is 37.8 Å². The number of rotatable bonds is 5. The van der Waals surface area contributed by atoms with E-state index in [-0.39, 0.29) is 24.0 Å². The number of piperazine rings is 1. The van der Waals surface area contributed by atoms with Gasteiger partial charge in [-0.15, -0.1) is 0 Å². The normalized spacial score (nSPS) is 15.5. The second-order valence-corrected chi connectivity index (χ2v) is 9.75. The SMILES string of the molecule is CCS(=O)(=O)N1CCN(C(=O)Cn2nc(C)c3c(-c4ccc(F)cc4)ccnc32)CC1. The molecule has 31 heavy (non-hydrogen) atoms. The van der Waals surface area contributed by atoms with E-state index < -0.39 is 10.0 Å². The fourth-order valence-electron chi connectivity index (χ4n) is 3.89. The minimum Gasteiger partial charge on any atom is -0.338 e. The van der Waals surface area contributed by atoms with Crippen LogP contribution in [0.5, 0.6) is 0 Å². The molecule has 0 radical (unpaired) electrons. The summed E-state index contributed by atoms with van der Waals surface area (Å²) < 4.78 is 40.4. The lowest BCUT2D eigenvalue weighted by molar-refractivity contribution is -0.133. The van der Waals surface area contributed by atoms with Crippen LogP contribution in [0, 0.1) is 12.7 Å². The van der Waals surface area contributed by atoms with E-state index in [2.05, 4.69) is 10.1 Å². The van der Waals surface area contributed by atoms with E-state index in [4.69, 9.17) is 0 Å². The number of carbonyl (C=O) groups excluding carboxylic acids is 1. The number of aryl methyl sites for hydroxylation is 1. The third-order valence-corrected chi connectivity index (χ3v) is 7.48. The quantitative estimate of drug-likeness (QED) is 0.600. The average Bonchev–Trinajstić information content (AvgIpc) is 3.10. The Balaban J connectivity index is 1.55. The third kappa shape index (κ3) is 4.17. The van der Waals surface area contributed by atoms with E-state index in [1.54, 1.807) is 34.8 Å². The fourth-order valence-corrected chi connectivity index (χ4v) is 4.97. The largest absolute Gasteiger partial charge is 0.338 e. The highest BCUT2D eigenvalue weighted by Gasteiger charge is 2.28. The van der Waals surface area contributed by atoms with Crippen LogP contribution < -0.4 is 0 Å². The molecule has 0 aliphatic carbocycles. The summed E-state index contributed by atoms with van der Waals surface area (Å²) in [4.78, 5) is 19.0. The van der Waals surface area contributed by atoms with E-state index in [0.29, 0.717) is 31.8 Å². The van der Waals surface area contributed by atoms with E-state index in [1.807, 2.05) is 13.0 Å². The van der Waals surface area contributed by atoms with Crippen LogP contribution >= 0.6 is 0 Å². The zero-order valence-corrected chi connectivity index (χ0v) is 18.3. The van der Waals surface area contributed by atoms with Crippen LogP contribution in [-0.4, -0.2) is 70.2 Å². The predicted molar refractivity (Wildman–Crippen MR) is 115 cm³/mol. The number of halogens is 1. The number of benzene rings is 1. The second kappa shape index (κ2) is 8.35. The molecule has 4 rings (SSSR count). The Hall–Kier alpha value is -2.85. The first-order valence-corrected chi connectivity index (χ1v) is 11.7. The molecular formula is C21H24FN5O3S. The van der Waals surface area contributed by atoms with E-state index in [9.17, 15) is 17.6 Å². The molecule has 1 aromatic carbocycles. The molecule has 1 aliphatic heterocycles. The van der Waals surface area contributed by atoms with Crippen molar-refractivity contribution in [1.82, 2.24) is 24.0 Å². The molecule has 8 nitrogen and oxygen atoms in total. The number of pyridine rings is 1. The van der Waals surface area contributed by atoms with Crippen molar-refractivity contribution in [3.63, 3.8) is 0 Å². The number of nitrogens with zero attached hydrogens (tertiary/aromatic N) is 5. The van der Waals surface area contributed by atoms with E-state index >= 15 is 0 Å². The van der Waals surface area contributed by atoms with Crippen LogP contribution in [0.15, 0.2) is 36.5 Å². The average molecular weight is 446 g/mol. The fraction of sp³-hybridized carbons (Fsp3) is 0.381.